The van der Waals surface area contributed by atoms with Crippen molar-refractivity contribution in [3.05, 3.63) is 29.6 Å². The number of halogens is 1. The van der Waals surface area contributed by atoms with Crippen LogP contribution in [0.5, 0.6) is 0 Å². The zero-order valence-corrected chi connectivity index (χ0v) is 9.83. The molecule has 5 heteroatoms. The number of carbonyl (C=O) groups is 1. The number of nitrogens with two attached hydrogens (primary N) is 1. The van der Waals surface area contributed by atoms with Gasteiger partial charge in [-0.2, -0.15) is 0 Å². The summed E-state index contributed by atoms with van der Waals surface area (Å²) in [7, 11) is 0. The van der Waals surface area contributed by atoms with E-state index in [1.165, 1.54) is 12.1 Å². The number of anilines is 1. The van der Waals surface area contributed by atoms with Gasteiger partial charge >= 0.3 is 0 Å². The monoisotopic (exact) mass is 240 g/mol. The predicted octanol–water partition coefficient (Wildman–Crippen LogP) is 1.56. The molecular weight excluding hydrogens is 223 g/mol. The number of rotatable bonds is 6. The number of nitrogen functional groups attached to an aromatic ring is 1. The molecule has 4 nitrogen and oxygen atoms in total. The molecule has 0 spiro atoms. The molecule has 1 aromatic carbocycles. The fourth-order valence-corrected chi connectivity index (χ4v) is 1.36. The maximum absolute atomic E-state index is 12.8. The van der Waals surface area contributed by atoms with Crippen LogP contribution < -0.4 is 11.1 Å². The van der Waals surface area contributed by atoms with E-state index in [2.05, 4.69) is 5.32 Å². The van der Waals surface area contributed by atoms with Crippen molar-refractivity contribution in [3.8, 4) is 0 Å². The second kappa shape index (κ2) is 6.85. The fourth-order valence-electron chi connectivity index (χ4n) is 1.36. The third-order valence-electron chi connectivity index (χ3n) is 2.21. The first-order chi connectivity index (χ1) is 8.15. The molecule has 0 saturated heterocycles. The van der Waals surface area contributed by atoms with Crippen LogP contribution in [0.15, 0.2) is 18.2 Å². The Hall–Kier alpha value is -1.62. The second-order valence-electron chi connectivity index (χ2n) is 3.54. The molecule has 1 aromatic rings. The van der Waals surface area contributed by atoms with Crippen LogP contribution in [-0.2, 0) is 4.74 Å². The molecule has 0 unspecified atom stereocenters. The topological polar surface area (TPSA) is 64.3 Å². The summed E-state index contributed by atoms with van der Waals surface area (Å²) in [6, 6.07) is 3.73. The Bertz CT molecular complexity index is 383. The van der Waals surface area contributed by atoms with E-state index >= 15 is 0 Å². The third-order valence-corrected chi connectivity index (χ3v) is 2.21. The molecule has 0 heterocycles. The van der Waals surface area contributed by atoms with Crippen LogP contribution >= 0.6 is 0 Å². The van der Waals surface area contributed by atoms with Crippen molar-refractivity contribution in [2.45, 2.75) is 13.3 Å². The highest BCUT2D eigenvalue weighted by atomic mass is 19.1. The van der Waals surface area contributed by atoms with Crippen LogP contribution in [0, 0.1) is 5.82 Å². The highest BCUT2D eigenvalue weighted by Gasteiger charge is 2.09. The summed E-state index contributed by atoms with van der Waals surface area (Å²) in [5.74, 6) is -0.741. The lowest BCUT2D eigenvalue weighted by Crippen LogP contribution is -2.26. The summed E-state index contributed by atoms with van der Waals surface area (Å²) < 4.78 is 17.9. The fraction of sp³-hybridized carbons (Fsp3) is 0.417. The molecule has 1 rings (SSSR count). The molecule has 0 saturated carbocycles. The van der Waals surface area contributed by atoms with E-state index in [1.54, 1.807) is 0 Å². The van der Waals surface area contributed by atoms with Crippen LogP contribution in [0.3, 0.4) is 0 Å². The SMILES string of the molecule is CCOCCCNC(=O)c1ccc(F)cc1N. The molecule has 0 aliphatic rings. The first-order valence-corrected chi connectivity index (χ1v) is 5.56. The summed E-state index contributed by atoms with van der Waals surface area (Å²) in [4.78, 5) is 11.7. The number of carbonyl (C=O) groups excluding carboxylic acids is 1. The summed E-state index contributed by atoms with van der Waals surface area (Å²) in [6.45, 7) is 3.70. The van der Waals surface area contributed by atoms with Gasteiger partial charge in [0.05, 0.1) is 5.56 Å². The van der Waals surface area contributed by atoms with Gasteiger partial charge in [0.2, 0.25) is 0 Å². The lowest BCUT2D eigenvalue weighted by molar-refractivity contribution is 0.0945. The zero-order valence-electron chi connectivity index (χ0n) is 9.83. The first kappa shape index (κ1) is 13.4. The maximum Gasteiger partial charge on any atom is 0.253 e. The van der Waals surface area contributed by atoms with Gasteiger partial charge in [0.1, 0.15) is 5.82 Å². The molecule has 1 amide bonds. The Labute approximate surface area is 100.0 Å². The van der Waals surface area contributed by atoms with Crippen LogP contribution in [0.1, 0.15) is 23.7 Å². The molecule has 0 fully saturated rings. The quantitative estimate of drug-likeness (QED) is 0.586. The van der Waals surface area contributed by atoms with Gasteiger partial charge in [0.15, 0.2) is 0 Å². The molecule has 0 atom stereocenters. The molecule has 3 N–H and O–H groups in total. The summed E-state index contributed by atoms with van der Waals surface area (Å²) >= 11 is 0. The van der Waals surface area contributed by atoms with Gasteiger partial charge in [0, 0.05) is 25.4 Å². The van der Waals surface area contributed by atoms with Crippen LogP contribution in [-0.4, -0.2) is 25.7 Å². The zero-order chi connectivity index (χ0) is 12.7. The normalized spacial score (nSPS) is 10.2. The second-order valence-corrected chi connectivity index (χ2v) is 3.54. The van der Waals surface area contributed by atoms with Crippen LogP contribution in [0.2, 0.25) is 0 Å². The van der Waals surface area contributed by atoms with E-state index in [9.17, 15) is 9.18 Å². The van der Waals surface area contributed by atoms with Crippen molar-refractivity contribution >= 4 is 11.6 Å². The van der Waals surface area contributed by atoms with Crippen molar-refractivity contribution in [1.82, 2.24) is 5.32 Å². The molecular formula is C12H17FN2O2. The average molecular weight is 240 g/mol. The molecule has 94 valence electrons. The van der Waals surface area contributed by atoms with Crippen molar-refractivity contribution < 1.29 is 13.9 Å². The maximum atomic E-state index is 12.8. The number of hydrogen-bond acceptors (Lipinski definition) is 3. The van der Waals surface area contributed by atoms with Crippen molar-refractivity contribution in [2.24, 2.45) is 0 Å². The average Bonchev–Trinajstić information content (AvgIpc) is 2.28. The van der Waals surface area contributed by atoms with Crippen LogP contribution in [0.4, 0.5) is 10.1 Å². The molecule has 0 radical (unpaired) electrons. The van der Waals surface area contributed by atoms with Gasteiger partial charge in [-0.25, -0.2) is 4.39 Å². The minimum atomic E-state index is -0.449. The van der Waals surface area contributed by atoms with Gasteiger partial charge in [-0.05, 0) is 31.5 Å². The number of benzene rings is 1. The third kappa shape index (κ3) is 4.40. The largest absolute Gasteiger partial charge is 0.398 e. The summed E-state index contributed by atoms with van der Waals surface area (Å²) in [5.41, 5.74) is 5.99. The first-order valence-electron chi connectivity index (χ1n) is 5.56. The van der Waals surface area contributed by atoms with E-state index in [0.717, 1.165) is 12.5 Å². The Morgan fingerprint density at radius 2 is 2.29 bits per heavy atom. The van der Waals surface area contributed by atoms with Gasteiger partial charge < -0.3 is 15.8 Å². The minimum absolute atomic E-state index is 0.146. The van der Waals surface area contributed by atoms with Crippen molar-refractivity contribution in [3.63, 3.8) is 0 Å². The van der Waals surface area contributed by atoms with E-state index in [0.29, 0.717) is 25.3 Å². The Morgan fingerprint density at radius 1 is 1.53 bits per heavy atom. The smallest absolute Gasteiger partial charge is 0.253 e. The van der Waals surface area contributed by atoms with Gasteiger partial charge in [-0.15, -0.1) is 0 Å². The molecule has 17 heavy (non-hydrogen) atoms. The Balaban J connectivity index is 2.42. The lowest BCUT2D eigenvalue weighted by Gasteiger charge is -2.07. The number of amides is 1. The molecule has 0 aliphatic heterocycles. The highest BCUT2D eigenvalue weighted by molar-refractivity contribution is 5.99. The standard InChI is InChI=1S/C12H17FN2O2/c1-2-17-7-3-6-15-12(16)10-5-4-9(13)8-11(10)14/h4-5,8H,2-3,6-7,14H2,1H3,(H,15,16). The highest BCUT2D eigenvalue weighted by Crippen LogP contribution is 2.12. The number of ether oxygens (including phenoxy) is 1. The van der Waals surface area contributed by atoms with Gasteiger partial charge in [-0.3, -0.25) is 4.79 Å². The van der Waals surface area contributed by atoms with Gasteiger partial charge in [-0.1, -0.05) is 0 Å². The van der Waals surface area contributed by atoms with Crippen molar-refractivity contribution in [1.29, 1.82) is 0 Å². The Morgan fingerprint density at radius 3 is 2.94 bits per heavy atom. The van der Waals surface area contributed by atoms with Crippen molar-refractivity contribution in [2.75, 3.05) is 25.5 Å². The van der Waals surface area contributed by atoms with E-state index in [1.807, 2.05) is 6.92 Å². The van der Waals surface area contributed by atoms with E-state index in [4.69, 9.17) is 10.5 Å². The summed E-state index contributed by atoms with van der Waals surface area (Å²) in [6.07, 6.45) is 0.737. The lowest BCUT2D eigenvalue weighted by atomic mass is 10.1. The molecule has 0 aliphatic carbocycles. The predicted molar refractivity (Wildman–Crippen MR) is 64.3 cm³/mol. The number of hydrogen-bond donors (Lipinski definition) is 2. The minimum Gasteiger partial charge on any atom is -0.398 e. The number of nitrogens with one attached hydrogen (secondary N) is 1. The summed E-state index contributed by atoms with van der Waals surface area (Å²) in [5, 5.41) is 2.70. The van der Waals surface area contributed by atoms with E-state index in [-0.39, 0.29) is 11.6 Å². The molecule has 0 bridgehead atoms. The molecule has 0 aromatic heterocycles. The Kier molecular flexibility index (Phi) is 5.42. The van der Waals surface area contributed by atoms with Crippen LogP contribution in [0.25, 0.3) is 0 Å². The van der Waals surface area contributed by atoms with E-state index < -0.39 is 5.82 Å². The van der Waals surface area contributed by atoms with Gasteiger partial charge in [0.25, 0.3) is 5.91 Å².